The van der Waals surface area contributed by atoms with Gasteiger partial charge in [0, 0.05) is 12.5 Å². The van der Waals surface area contributed by atoms with E-state index in [1.807, 2.05) is 0 Å². The number of methoxy groups -OCH3 is 1. The average Bonchev–Trinajstić information content (AvgIpc) is 2.53. The average molecular weight is 179 g/mol. The molecule has 0 aromatic heterocycles. The Bertz CT molecular complexity index is 143. The van der Waals surface area contributed by atoms with Crippen LogP contribution in [0.15, 0.2) is 0 Å². The highest BCUT2D eigenvalue weighted by atomic mass is 35.5. The first kappa shape index (κ1) is 8.81. The SMILES string of the molecule is COC(=O)[C@@H](Cl)[C@H]1CCOC1. The van der Waals surface area contributed by atoms with Crippen molar-refractivity contribution in [1.29, 1.82) is 0 Å². The Hall–Kier alpha value is -0.280. The predicted molar refractivity (Wildman–Crippen MR) is 40.6 cm³/mol. The van der Waals surface area contributed by atoms with Gasteiger partial charge in [-0.25, -0.2) is 0 Å². The highest BCUT2D eigenvalue weighted by Gasteiger charge is 2.29. The topological polar surface area (TPSA) is 35.5 Å². The van der Waals surface area contributed by atoms with Crippen LogP contribution in [0.1, 0.15) is 6.42 Å². The van der Waals surface area contributed by atoms with Gasteiger partial charge in [-0.1, -0.05) is 0 Å². The molecule has 0 aliphatic carbocycles. The lowest BCUT2D eigenvalue weighted by molar-refractivity contribution is -0.141. The molecule has 64 valence electrons. The summed E-state index contributed by atoms with van der Waals surface area (Å²) in [5.74, 6) is -0.230. The van der Waals surface area contributed by atoms with Gasteiger partial charge in [0.15, 0.2) is 0 Å². The van der Waals surface area contributed by atoms with Crippen LogP contribution in [-0.4, -0.2) is 31.7 Å². The smallest absolute Gasteiger partial charge is 0.324 e. The van der Waals surface area contributed by atoms with Crippen LogP contribution < -0.4 is 0 Å². The summed E-state index contributed by atoms with van der Waals surface area (Å²) in [6.07, 6.45) is 0.850. The fourth-order valence-electron chi connectivity index (χ4n) is 1.09. The van der Waals surface area contributed by atoms with Crippen molar-refractivity contribution < 1.29 is 14.3 Å². The number of hydrogen-bond acceptors (Lipinski definition) is 3. The third-order valence-electron chi connectivity index (χ3n) is 1.81. The molecule has 1 heterocycles. The maximum Gasteiger partial charge on any atom is 0.324 e. The number of halogens is 1. The molecular weight excluding hydrogens is 168 g/mol. The maximum atomic E-state index is 10.9. The Labute approximate surface area is 70.6 Å². The summed E-state index contributed by atoms with van der Waals surface area (Å²) in [5.41, 5.74) is 0. The molecule has 0 unspecified atom stereocenters. The minimum Gasteiger partial charge on any atom is -0.468 e. The summed E-state index contributed by atoms with van der Waals surface area (Å²) in [5, 5.41) is -0.539. The second-order valence-electron chi connectivity index (χ2n) is 2.55. The Morgan fingerprint density at radius 3 is 3.00 bits per heavy atom. The Balaban J connectivity index is 2.39. The maximum absolute atomic E-state index is 10.9. The van der Waals surface area contributed by atoms with Gasteiger partial charge in [-0.05, 0) is 6.42 Å². The molecule has 3 nitrogen and oxygen atoms in total. The summed E-state index contributed by atoms with van der Waals surface area (Å²) in [7, 11) is 1.34. The molecule has 0 spiro atoms. The number of carbonyl (C=O) groups excluding carboxylic acids is 1. The Morgan fingerprint density at radius 1 is 1.82 bits per heavy atom. The van der Waals surface area contributed by atoms with Crippen molar-refractivity contribution in [3.8, 4) is 0 Å². The van der Waals surface area contributed by atoms with Crippen LogP contribution in [0, 0.1) is 5.92 Å². The first-order chi connectivity index (χ1) is 5.25. The molecule has 0 saturated carbocycles. The predicted octanol–water partition coefficient (Wildman–Crippen LogP) is 0.803. The molecule has 0 bridgehead atoms. The molecule has 1 rings (SSSR count). The van der Waals surface area contributed by atoms with E-state index in [1.54, 1.807) is 0 Å². The molecule has 0 N–H and O–H groups in total. The van der Waals surface area contributed by atoms with Crippen molar-refractivity contribution >= 4 is 17.6 Å². The third-order valence-corrected chi connectivity index (χ3v) is 2.34. The van der Waals surface area contributed by atoms with Gasteiger partial charge in [-0.2, -0.15) is 0 Å². The van der Waals surface area contributed by atoms with Crippen LogP contribution in [-0.2, 0) is 14.3 Å². The van der Waals surface area contributed by atoms with E-state index in [0.717, 1.165) is 6.42 Å². The summed E-state index contributed by atoms with van der Waals surface area (Å²) in [6.45, 7) is 1.27. The number of ether oxygens (including phenoxy) is 2. The molecule has 0 amide bonds. The summed E-state index contributed by atoms with van der Waals surface area (Å²) in [4.78, 5) is 10.9. The zero-order valence-electron chi connectivity index (χ0n) is 6.38. The second-order valence-corrected chi connectivity index (χ2v) is 3.02. The molecule has 4 heteroatoms. The van der Waals surface area contributed by atoms with Gasteiger partial charge in [0.25, 0.3) is 0 Å². The van der Waals surface area contributed by atoms with Crippen LogP contribution >= 0.6 is 11.6 Å². The van der Waals surface area contributed by atoms with E-state index in [9.17, 15) is 4.79 Å². The van der Waals surface area contributed by atoms with Crippen LogP contribution in [0.4, 0.5) is 0 Å². The monoisotopic (exact) mass is 178 g/mol. The van der Waals surface area contributed by atoms with Crippen molar-refractivity contribution in [2.45, 2.75) is 11.8 Å². The number of hydrogen-bond donors (Lipinski definition) is 0. The zero-order valence-corrected chi connectivity index (χ0v) is 7.13. The Kier molecular flexibility index (Phi) is 3.15. The van der Waals surface area contributed by atoms with E-state index in [1.165, 1.54) is 7.11 Å². The molecular formula is C7H11ClO3. The van der Waals surface area contributed by atoms with Gasteiger partial charge in [-0.3, -0.25) is 4.79 Å². The van der Waals surface area contributed by atoms with Crippen LogP contribution in [0.2, 0.25) is 0 Å². The van der Waals surface area contributed by atoms with E-state index in [0.29, 0.717) is 13.2 Å². The molecule has 0 aromatic carbocycles. The first-order valence-electron chi connectivity index (χ1n) is 3.55. The molecule has 1 saturated heterocycles. The van der Waals surface area contributed by atoms with Crippen LogP contribution in [0.25, 0.3) is 0 Å². The lowest BCUT2D eigenvalue weighted by atomic mass is 10.1. The standard InChI is InChI=1S/C7H11ClO3/c1-10-7(9)6(8)5-2-3-11-4-5/h5-6H,2-4H2,1H3/t5-,6-/m0/s1. The van der Waals surface area contributed by atoms with Crippen molar-refractivity contribution in [3.63, 3.8) is 0 Å². The first-order valence-corrected chi connectivity index (χ1v) is 3.99. The fourth-order valence-corrected chi connectivity index (χ4v) is 1.38. The molecule has 1 fully saturated rings. The van der Waals surface area contributed by atoms with Crippen molar-refractivity contribution in [2.75, 3.05) is 20.3 Å². The summed E-state index contributed by atoms with van der Waals surface area (Å²) >= 11 is 5.78. The highest BCUT2D eigenvalue weighted by molar-refractivity contribution is 6.30. The van der Waals surface area contributed by atoms with Gasteiger partial charge >= 0.3 is 5.97 Å². The van der Waals surface area contributed by atoms with Gasteiger partial charge < -0.3 is 9.47 Å². The number of carbonyl (C=O) groups is 1. The minimum absolute atomic E-state index is 0.129. The van der Waals surface area contributed by atoms with Crippen LogP contribution in [0.3, 0.4) is 0 Å². The number of rotatable bonds is 2. The Morgan fingerprint density at radius 2 is 2.55 bits per heavy atom. The largest absolute Gasteiger partial charge is 0.468 e. The van der Waals surface area contributed by atoms with Crippen molar-refractivity contribution in [3.05, 3.63) is 0 Å². The van der Waals surface area contributed by atoms with Crippen LogP contribution in [0.5, 0.6) is 0 Å². The quantitative estimate of drug-likeness (QED) is 0.464. The van der Waals surface area contributed by atoms with Gasteiger partial charge in [0.2, 0.25) is 0 Å². The molecule has 0 radical (unpaired) electrons. The fraction of sp³-hybridized carbons (Fsp3) is 0.857. The van der Waals surface area contributed by atoms with E-state index in [-0.39, 0.29) is 11.9 Å². The second kappa shape index (κ2) is 3.93. The third kappa shape index (κ3) is 2.07. The number of esters is 1. The molecule has 1 aliphatic heterocycles. The minimum atomic E-state index is -0.539. The summed E-state index contributed by atoms with van der Waals surface area (Å²) in [6, 6.07) is 0. The molecule has 1 aliphatic rings. The van der Waals surface area contributed by atoms with E-state index in [4.69, 9.17) is 16.3 Å². The molecule has 2 atom stereocenters. The van der Waals surface area contributed by atoms with E-state index < -0.39 is 5.38 Å². The molecule has 0 aromatic rings. The zero-order chi connectivity index (χ0) is 8.27. The normalized spacial score (nSPS) is 26.5. The molecule has 11 heavy (non-hydrogen) atoms. The van der Waals surface area contributed by atoms with Crippen molar-refractivity contribution in [1.82, 2.24) is 0 Å². The van der Waals surface area contributed by atoms with Gasteiger partial charge in [-0.15, -0.1) is 11.6 Å². The lowest BCUT2D eigenvalue weighted by Gasteiger charge is -2.11. The van der Waals surface area contributed by atoms with Gasteiger partial charge in [0.05, 0.1) is 13.7 Å². The summed E-state index contributed by atoms with van der Waals surface area (Å²) < 4.78 is 9.58. The van der Waals surface area contributed by atoms with Crippen molar-refractivity contribution in [2.24, 2.45) is 5.92 Å². The highest BCUT2D eigenvalue weighted by Crippen LogP contribution is 2.21. The number of alkyl halides is 1. The lowest BCUT2D eigenvalue weighted by Crippen LogP contribution is -2.25. The van der Waals surface area contributed by atoms with E-state index in [2.05, 4.69) is 4.74 Å². The van der Waals surface area contributed by atoms with Gasteiger partial charge in [0.1, 0.15) is 5.38 Å². The van der Waals surface area contributed by atoms with E-state index >= 15 is 0 Å².